The number of nitrogens with two attached hydrogens (primary N) is 1. The van der Waals surface area contributed by atoms with Crippen molar-refractivity contribution in [2.75, 3.05) is 0 Å². The molecule has 0 bridgehead atoms. The van der Waals surface area contributed by atoms with Crippen LogP contribution in [0.15, 0.2) is 36.7 Å². The normalized spacial score (nSPS) is 16.6. The molecular weight excluding hydrogens is 246 g/mol. The van der Waals surface area contributed by atoms with Gasteiger partial charge in [-0.3, -0.25) is 0 Å². The molecule has 1 aromatic heterocycles. The van der Waals surface area contributed by atoms with Gasteiger partial charge in [-0.1, -0.05) is 6.07 Å². The smallest absolute Gasteiger partial charge is 0.131 e. The van der Waals surface area contributed by atoms with Crippen LogP contribution in [0.3, 0.4) is 0 Å². The van der Waals surface area contributed by atoms with Crippen molar-refractivity contribution >= 4 is 0 Å². The molecular formula is C15H16F2N2. The number of nitrogens with zero attached hydrogens (tertiary/aromatic N) is 1. The van der Waals surface area contributed by atoms with Crippen LogP contribution in [0.4, 0.5) is 8.78 Å². The van der Waals surface area contributed by atoms with Crippen molar-refractivity contribution in [3.8, 4) is 0 Å². The fraction of sp³-hybridized carbons (Fsp3) is 0.333. The van der Waals surface area contributed by atoms with Crippen molar-refractivity contribution < 1.29 is 8.78 Å². The van der Waals surface area contributed by atoms with E-state index in [4.69, 9.17) is 5.73 Å². The second-order valence-corrected chi connectivity index (χ2v) is 5.18. The number of rotatable bonds is 4. The maximum absolute atomic E-state index is 13.6. The zero-order valence-corrected chi connectivity index (χ0v) is 10.5. The van der Waals surface area contributed by atoms with Crippen LogP contribution >= 0.6 is 0 Å². The average molecular weight is 262 g/mol. The van der Waals surface area contributed by atoms with Gasteiger partial charge in [0.2, 0.25) is 0 Å². The van der Waals surface area contributed by atoms with Crippen molar-refractivity contribution in [2.45, 2.75) is 25.4 Å². The van der Waals surface area contributed by atoms with Crippen molar-refractivity contribution in [1.82, 2.24) is 4.57 Å². The number of aromatic nitrogens is 1. The third kappa shape index (κ3) is 2.54. The fourth-order valence-electron chi connectivity index (χ4n) is 2.35. The highest BCUT2D eigenvalue weighted by molar-refractivity contribution is 5.23. The molecule has 0 radical (unpaired) electrons. The van der Waals surface area contributed by atoms with Gasteiger partial charge in [-0.2, -0.15) is 0 Å². The van der Waals surface area contributed by atoms with E-state index in [0.29, 0.717) is 5.92 Å². The van der Waals surface area contributed by atoms with E-state index in [0.717, 1.165) is 5.56 Å². The van der Waals surface area contributed by atoms with E-state index in [1.54, 1.807) is 4.57 Å². The summed E-state index contributed by atoms with van der Waals surface area (Å²) in [5.74, 6) is -0.454. The lowest BCUT2D eigenvalue weighted by atomic mass is 10.1. The molecule has 2 aromatic rings. The third-order valence-electron chi connectivity index (χ3n) is 3.69. The maximum atomic E-state index is 13.6. The summed E-state index contributed by atoms with van der Waals surface area (Å²) < 4.78 is 28.9. The Labute approximate surface area is 110 Å². The van der Waals surface area contributed by atoms with Gasteiger partial charge in [-0.15, -0.1) is 0 Å². The molecule has 1 aliphatic rings. The molecule has 1 unspecified atom stereocenters. The predicted octanol–water partition coefficient (Wildman–Crippen LogP) is 3.22. The Balaban J connectivity index is 1.80. The zero-order chi connectivity index (χ0) is 13.4. The highest BCUT2D eigenvalue weighted by atomic mass is 19.1. The second-order valence-electron chi connectivity index (χ2n) is 5.18. The first kappa shape index (κ1) is 12.4. The van der Waals surface area contributed by atoms with Gasteiger partial charge in [0.05, 0.1) is 6.54 Å². The lowest BCUT2D eigenvalue weighted by molar-refractivity contribution is 0.544. The topological polar surface area (TPSA) is 30.9 Å². The molecule has 1 atom stereocenters. The van der Waals surface area contributed by atoms with Crippen LogP contribution in [0.25, 0.3) is 0 Å². The van der Waals surface area contributed by atoms with E-state index in [1.807, 2.05) is 18.5 Å². The molecule has 19 heavy (non-hydrogen) atoms. The molecule has 1 aliphatic carbocycles. The molecule has 3 rings (SSSR count). The summed E-state index contributed by atoms with van der Waals surface area (Å²) in [4.78, 5) is 0. The van der Waals surface area contributed by atoms with Crippen LogP contribution in [0.2, 0.25) is 0 Å². The summed E-state index contributed by atoms with van der Waals surface area (Å²) in [6, 6.07) is 5.91. The maximum Gasteiger partial charge on any atom is 0.131 e. The Bertz CT molecular complexity index is 567. The Morgan fingerprint density at radius 2 is 1.89 bits per heavy atom. The van der Waals surface area contributed by atoms with Crippen molar-refractivity contribution in [1.29, 1.82) is 0 Å². The van der Waals surface area contributed by atoms with Gasteiger partial charge in [-0.05, 0) is 42.5 Å². The minimum Gasteiger partial charge on any atom is -0.349 e. The van der Waals surface area contributed by atoms with E-state index < -0.39 is 11.6 Å². The van der Waals surface area contributed by atoms with Crippen molar-refractivity contribution in [3.05, 3.63) is 59.4 Å². The molecule has 2 nitrogen and oxygen atoms in total. The SMILES string of the molecule is NC(c1ccn(Cc2c(F)cccc2F)c1)C1CC1. The lowest BCUT2D eigenvalue weighted by Crippen LogP contribution is -2.11. The van der Waals surface area contributed by atoms with E-state index in [2.05, 4.69) is 0 Å². The number of halogens is 2. The Kier molecular flexibility index (Phi) is 3.11. The molecule has 100 valence electrons. The second kappa shape index (κ2) is 4.78. The first-order valence-corrected chi connectivity index (χ1v) is 6.49. The van der Waals surface area contributed by atoms with Crippen LogP contribution in [0.5, 0.6) is 0 Å². The molecule has 2 N–H and O–H groups in total. The summed E-state index contributed by atoms with van der Waals surface area (Å²) in [5.41, 5.74) is 7.23. The summed E-state index contributed by atoms with van der Waals surface area (Å²) in [6.07, 6.45) is 6.06. The Morgan fingerprint density at radius 3 is 2.53 bits per heavy atom. The fourth-order valence-corrected chi connectivity index (χ4v) is 2.35. The predicted molar refractivity (Wildman–Crippen MR) is 69.5 cm³/mol. The monoisotopic (exact) mass is 262 g/mol. The van der Waals surface area contributed by atoms with Gasteiger partial charge in [-0.25, -0.2) is 8.78 Å². The van der Waals surface area contributed by atoms with Crippen LogP contribution in [0, 0.1) is 17.6 Å². The standard InChI is InChI=1S/C15H16F2N2/c16-13-2-1-3-14(17)12(13)9-19-7-6-11(8-19)15(18)10-4-5-10/h1-3,6-8,10,15H,4-5,9,18H2. The van der Waals surface area contributed by atoms with E-state index in [-0.39, 0.29) is 18.2 Å². The minimum atomic E-state index is -0.512. The number of hydrogen-bond donors (Lipinski definition) is 1. The van der Waals surface area contributed by atoms with Crippen LogP contribution < -0.4 is 5.73 Å². The van der Waals surface area contributed by atoms with E-state index in [9.17, 15) is 8.78 Å². The molecule has 0 saturated heterocycles. The molecule has 0 aliphatic heterocycles. The van der Waals surface area contributed by atoms with Gasteiger partial charge < -0.3 is 10.3 Å². The largest absolute Gasteiger partial charge is 0.349 e. The summed E-state index contributed by atoms with van der Waals surface area (Å²) in [5, 5.41) is 0. The first-order valence-electron chi connectivity index (χ1n) is 6.49. The lowest BCUT2D eigenvalue weighted by Gasteiger charge is -2.08. The highest BCUT2D eigenvalue weighted by Gasteiger charge is 2.29. The minimum absolute atomic E-state index is 0.0479. The van der Waals surface area contributed by atoms with Crippen LogP contribution in [-0.2, 0) is 6.54 Å². The molecule has 1 heterocycles. The van der Waals surface area contributed by atoms with E-state index >= 15 is 0 Å². The van der Waals surface area contributed by atoms with Gasteiger partial charge in [0, 0.05) is 24.0 Å². The van der Waals surface area contributed by atoms with Crippen molar-refractivity contribution in [2.24, 2.45) is 11.7 Å². The van der Waals surface area contributed by atoms with Gasteiger partial charge in [0.15, 0.2) is 0 Å². The van der Waals surface area contributed by atoms with Gasteiger partial charge in [0.1, 0.15) is 11.6 Å². The summed E-state index contributed by atoms with van der Waals surface area (Å²) in [6.45, 7) is 0.190. The van der Waals surface area contributed by atoms with Crippen LogP contribution in [-0.4, -0.2) is 4.57 Å². The first-order chi connectivity index (χ1) is 9.15. The van der Waals surface area contributed by atoms with Crippen LogP contribution in [0.1, 0.15) is 30.0 Å². The highest BCUT2D eigenvalue weighted by Crippen LogP contribution is 2.39. The quantitative estimate of drug-likeness (QED) is 0.901. The Hall–Kier alpha value is -1.68. The van der Waals surface area contributed by atoms with E-state index in [1.165, 1.54) is 31.0 Å². The van der Waals surface area contributed by atoms with Gasteiger partial charge >= 0.3 is 0 Å². The number of hydrogen-bond acceptors (Lipinski definition) is 1. The molecule has 1 aromatic carbocycles. The summed E-state index contributed by atoms with van der Waals surface area (Å²) in [7, 11) is 0. The molecule has 0 spiro atoms. The molecule has 1 fully saturated rings. The molecule has 0 amide bonds. The summed E-state index contributed by atoms with van der Waals surface area (Å²) >= 11 is 0. The third-order valence-corrected chi connectivity index (χ3v) is 3.69. The molecule has 1 saturated carbocycles. The average Bonchev–Trinajstić information content (AvgIpc) is 3.13. The Morgan fingerprint density at radius 1 is 1.21 bits per heavy atom. The van der Waals surface area contributed by atoms with Crippen molar-refractivity contribution in [3.63, 3.8) is 0 Å². The van der Waals surface area contributed by atoms with Gasteiger partial charge in [0.25, 0.3) is 0 Å². The number of benzene rings is 1. The zero-order valence-electron chi connectivity index (χ0n) is 10.5. The molecule has 4 heteroatoms.